The molecule has 0 unspecified atom stereocenters. The van der Waals surface area contributed by atoms with Crippen molar-refractivity contribution >= 4 is 204 Å². The van der Waals surface area contributed by atoms with Crippen molar-refractivity contribution in [1.29, 1.82) is 0 Å². The van der Waals surface area contributed by atoms with Crippen molar-refractivity contribution in [1.82, 2.24) is 18.3 Å². The fourth-order valence-electron chi connectivity index (χ4n) is 18.5. The summed E-state index contributed by atoms with van der Waals surface area (Å²) >= 11 is 5.69. The third kappa shape index (κ3) is 12.6. The fourth-order valence-corrected chi connectivity index (χ4v) is 22.1. The molecule has 0 aliphatic rings. The molecule has 0 radical (unpaired) electrons. The molecule has 0 spiro atoms. The lowest BCUT2D eigenvalue weighted by Gasteiger charge is -2.19. The van der Waals surface area contributed by atoms with E-state index in [1.165, 1.54) is 192 Å². The second-order valence-corrected chi connectivity index (χ2v) is 39.6. The molecule has 0 aliphatic carbocycles. The maximum Gasteiger partial charge on any atom is 0.135 e. The summed E-state index contributed by atoms with van der Waals surface area (Å²) in [5.74, 6) is 0. The number of rotatable bonds is 4. The molecular weight excluding hydrogens is 1510 g/mol. The quantitative estimate of drug-likeness (QED) is 0.173. The van der Waals surface area contributed by atoms with E-state index in [0.29, 0.717) is 0 Å². The van der Waals surface area contributed by atoms with E-state index in [1.807, 2.05) is 34.0 Å². The molecule has 584 valence electrons. The Labute approximate surface area is 710 Å². The zero-order valence-corrected chi connectivity index (χ0v) is 72.2. The number of aromatic nitrogens is 4. The van der Waals surface area contributed by atoms with Gasteiger partial charge in [-0.15, -0.1) is 34.0 Å². The van der Waals surface area contributed by atoms with Crippen molar-refractivity contribution in [2.75, 3.05) is 0 Å². The van der Waals surface area contributed by atoms with Crippen LogP contribution in [0.3, 0.4) is 0 Å². The van der Waals surface area contributed by atoms with Gasteiger partial charge >= 0.3 is 0 Å². The molecule has 0 bridgehead atoms. The summed E-state index contributed by atoms with van der Waals surface area (Å²) in [7, 11) is 0. The lowest BCUT2D eigenvalue weighted by Crippen LogP contribution is -2.10. The average molecular weight is 1610 g/mol. The van der Waals surface area contributed by atoms with Crippen LogP contribution in [0.1, 0.15) is 105 Å². The first-order valence-electron chi connectivity index (χ1n) is 41.9. The second kappa shape index (κ2) is 28.5. The van der Waals surface area contributed by atoms with E-state index in [-0.39, 0.29) is 21.7 Å². The van der Waals surface area contributed by atoms with Crippen LogP contribution >= 0.6 is 34.0 Å². The Bertz CT molecular complexity index is 7830. The number of fused-ring (bicyclic) bond motifs is 24. The van der Waals surface area contributed by atoms with E-state index in [9.17, 15) is 0 Å². The summed E-state index contributed by atoms with van der Waals surface area (Å²) < 4.78 is 23.9. The molecule has 8 heterocycles. The highest BCUT2D eigenvalue weighted by Gasteiger charge is 2.26. The number of furan rings is 1. The Hall–Kier alpha value is -12.8. The van der Waals surface area contributed by atoms with Gasteiger partial charge in [-0.1, -0.05) is 277 Å². The lowest BCUT2D eigenvalue weighted by atomic mass is 9.86. The predicted molar refractivity (Wildman–Crippen MR) is 524 cm³/mol. The standard InChI is InChI=1S/C28H23NO.3C28H23NS/c1-28(2,3)18-12-14-26-22(16-18)23-17-19(13-15-27(23)30-26)29-24-10-6-4-8-20(24)21-9-5-7-11-25(21)29;1-28(2,3)22-14-8-12-20-21-13-9-17-25(27(21)30-26(20)22)29-23-15-6-4-10-18(23)19-11-5-7-16-24(19)29;1-28(2,3)18-12-14-25-22(16-18)20-8-4-6-10-24(20)29(25)19-13-15-27-23(17-19)21-9-5-7-11-26(21)30-27;1-28(2,3)18-12-14-26-22(16-18)23-17-19(13-15-27(23)30-26)29-24-10-6-4-8-20(24)21-9-5-7-11-25(21)29/h4*4-17H,1-3H3. The molecule has 0 amide bonds. The molecule has 24 rings (SSSR count). The van der Waals surface area contributed by atoms with Crippen LogP contribution < -0.4 is 0 Å². The van der Waals surface area contributed by atoms with Crippen molar-refractivity contribution < 1.29 is 4.42 Å². The molecule has 5 nitrogen and oxygen atoms in total. The van der Waals surface area contributed by atoms with Crippen molar-refractivity contribution in [2.24, 2.45) is 0 Å². The summed E-state index contributed by atoms with van der Waals surface area (Å²) in [6.45, 7) is 27.4. The van der Waals surface area contributed by atoms with E-state index >= 15 is 0 Å². The summed E-state index contributed by atoms with van der Waals surface area (Å²) in [6.07, 6.45) is 0. The first-order valence-corrected chi connectivity index (χ1v) is 44.3. The van der Waals surface area contributed by atoms with Crippen LogP contribution in [0.5, 0.6) is 0 Å². The van der Waals surface area contributed by atoms with Crippen molar-refractivity contribution in [3.8, 4) is 22.7 Å². The highest BCUT2D eigenvalue weighted by Crippen LogP contribution is 2.47. The SMILES string of the molecule is CC(C)(C)c1ccc2c(c1)c1ccccc1n2-c1ccc2sc3ccccc3c2c1.CC(C)(C)c1ccc2oc3ccc(-n4c5ccccc5c5ccccc54)cc3c2c1.CC(C)(C)c1ccc2sc3ccc(-n4c5ccccc5c5ccccc54)cc3c2c1.CC(C)(C)c1cccc2c1sc1c(-n3c4ccccc4c4ccccc43)cccc12. The van der Waals surface area contributed by atoms with E-state index in [4.69, 9.17) is 4.42 Å². The van der Waals surface area contributed by atoms with Crippen molar-refractivity contribution in [2.45, 2.75) is 105 Å². The van der Waals surface area contributed by atoms with Gasteiger partial charge in [-0.3, -0.25) is 0 Å². The summed E-state index contributed by atoms with van der Waals surface area (Å²) in [5, 5.41) is 20.9. The van der Waals surface area contributed by atoms with Gasteiger partial charge in [0.2, 0.25) is 0 Å². The van der Waals surface area contributed by atoms with Gasteiger partial charge in [-0.25, -0.2) is 0 Å². The third-order valence-electron chi connectivity index (χ3n) is 24.6. The molecule has 0 saturated carbocycles. The molecule has 8 heteroatoms. The van der Waals surface area contributed by atoms with Crippen LogP contribution in [0.2, 0.25) is 0 Å². The number of benzene rings is 16. The number of para-hydroxylation sites is 7. The van der Waals surface area contributed by atoms with E-state index < -0.39 is 0 Å². The minimum atomic E-state index is 0.0994. The Morgan fingerprint density at radius 2 is 0.500 bits per heavy atom. The third-order valence-corrected chi connectivity index (χ3v) is 28.2. The largest absolute Gasteiger partial charge is 0.456 e. The van der Waals surface area contributed by atoms with E-state index in [2.05, 4.69) is 441 Å². The van der Waals surface area contributed by atoms with Crippen LogP contribution in [0, 0.1) is 0 Å². The maximum atomic E-state index is 6.16. The van der Waals surface area contributed by atoms with Gasteiger partial charge < -0.3 is 22.7 Å². The van der Waals surface area contributed by atoms with Crippen LogP contribution in [-0.2, 0) is 21.7 Å². The molecule has 0 fully saturated rings. The predicted octanol–water partition coefficient (Wildman–Crippen LogP) is 33.3. The molecule has 0 N–H and O–H groups in total. The molecule has 24 aromatic rings. The summed E-state index contributed by atoms with van der Waals surface area (Å²) in [5.41, 5.74) is 22.8. The Kier molecular flexibility index (Phi) is 17.7. The van der Waals surface area contributed by atoms with E-state index in [0.717, 1.165) is 22.2 Å². The topological polar surface area (TPSA) is 32.9 Å². The molecular formula is C112H92N4OS3. The van der Waals surface area contributed by atoms with Gasteiger partial charge in [0.1, 0.15) is 11.2 Å². The lowest BCUT2D eigenvalue weighted by molar-refractivity contribution is 0.590. The van der Waals surface area contributed by atoms with Gasteiger partial charge in [-0.2, -0.15) is 0 Å². The van der Waals surface area contributed by atoms with Gasteiger partial charge in [0, 0.05) is 127 Å². The number of thiophene rings is 3. The second-order valence-electron chi connectivity index (χ2n) is 36.4. The van der Waals surface area contributed by atoms with E-state index in [1.54, 1.807) is 0 Å². The normalized spacial score (nSPS) is 12.5. The monoisotopic (exact) mass is 1600 g/mol. The highest BCUT2D eigenvalue weighted by molar-refractivity contribution is 7.27. The Balaban J connectivity index is 0.0000000990. The minimum Gasteiger partial charge on any atom is -0.456 e. The average Bonchev–Trinajstić information content (AvgIpc) is 1.59. The summed E-state index contributed by atoms with van der Waals surface area (Å²) in [6, 6.07) is 124. The molecule has 16 aromatic carbocycles. The smallest absolute Gasteiger partial charge is 0.135 e. The molecule has 8 aromatic heterocycles. The molecule has 0 aliphatic heterocycles. The Morgan fingerprint density at radius 3 is 0.958 bits per heavy atom. The summed E-state index contributed by atoms with van der Waals surface area (Å²) in [4.78, 5) is 0. The number of nitrogens with zero attached hydrogens (tertiary/aromatic N) is 4. The Morgan fingerprint density at radius 1 is 0.200 bits per heavy atom. The zero-order chi connectivity index (χ0) is 81.8. The fraction of sp³-hybridized carbons (Fsp3) is 0.143. The van der Waals surface area contributed by atoms with Gasteiger partial charge in [-0.05, 0) is 190 Å². The first kappa shape index (κ1) is 74.7. The zero-order valence-electron chi connectivity index (χ0n) is 69.8. The molecule has 0 atom stereocenters. The van der Waals surface area contributed by atoms with Crippen molar-refractivity contribution in [3.63, 3.8) is 0 Å². The van der Waals surface area contributed by atoms with Crippen LogP contribution in [0.15, 0.2) is 344 Å². The van der Waals surface area contributed by atoms with Crippen LogP contribution in [-0.4, -0.2) is 18.3 Å². The number of hydrogen-bond donors (Lipinski definition) is 0. The van der Waals surface area contributed by atoms with Gasteiger partial charge in [0.25, 0.3) is 0 Å². The van der Waals surface area contributed by atoms with Gasteiger partial charge in [0.05, 0.1) is 54.5 Å². The van der Waals surface area contributed by atoms with Crippen LogP contribution in [0.25, 0.3) is 192 Å². The number of hydrogen-bond acceptors (Lipinski definition) is 4. The van der Waals surface area contributed by atoms with Gasteiger partial charge in [0.15, 0.2) is 0 Å². The maximum absolute atomic E-state index is 6.16. The highest BCUT2D eigenvalue weighted by atomic mass is 32.1. The minimum absolute atomic E-state index is 0.0994. The van der Waals surface area contributed by atoms with Crippen molar-refractivity contribution in [3.05, 3.63) is 362 Å². The molecule has 0 saturated heterocycles. The molecule has 120 heavy (non-hydrogen) atoms. The van der Waals surface area contributed by atoms with Crippen LogP contribution in [0.4, 0.5) is 0 Å². The first-order chi connectivity index (χ1) is 58.1.